The second-order valence-corrected chi connectivity index (χ2v) is 6.84. The first-order valence-electron chi connectivity index (χ1n) is 9.48. The number of likely N-dealkylation sites (N-methyl/N-ethyl adjacent to an activating group) is 1. The number of nitrogens with zero attached hydrogens (tertiary/aromatic N) is 1. The molecule has 0 saturated carbocycles. The molecule has 0 fully saturated rings. The molecule has 0 aliphatic heterocycles. The largest absolute Gasteiger partial charge is 0.490 e. The maximum absolute atomic E-state index is 12.5. The topological polar surface area (TPSA) is 74.3 Å². The molecule has 0 saturated heterocycles. The first-order valence-corrected chi connectivity index (χ1v) is 10.4. The standard InChI is InChI=1S/C21H27NO6S/c1-5-25-17-10-16(11-18(26-6-2)20(17)27-7-3)21(24)28-13-19(23)22(4)12-15-8-9-29-14-15/h8-11,14H,5-7,12-13H2,1-4H3. The third-order valence-electron chi connectivity index (χ3n) is 3.90. The van der Waals surface area contributed by atoms with Crippen molar-refractivity contribution in [2.24, 2.45) is 0 Å². The van der Waals surface area contributed by atoms with E-state index in [1.807, 2.05) is 37.6 Å². The Morgan fingerprint density at radius 1 is 1.00 bits per heavy atom. The lowest BCUT2D eigenvalue weighted by Gasteiger charge is -2.18. The molecule has 158 valence electrons. The number of hydrogen-bond donors (Lipinski definition) is 0. The summed E-state index contributed by atoms with van der Waals surface area (Å²) in [6.45, 7) is 6.87. The summed E-state index contributed by atoms with van der Waals surface area (Å²) in [6.07, 6.45) is 0. The van der Waals surface area contributed by atoms with Gasteiger partial charge in [-0.3, -0.25) is 4.79 Å². The molecule has 0 unspecified atom stereocenters. The van der Waals surface area contributed by atoms with Gasteiger partial charge in [0.1, 0.15) is 0 Å². The van der Waals surface area contributed by atoms with Crippen molar-refractivity contribution in [3.05, 3.63) is 40.1 Å². The van der Waals surface area contributed by atoms with Crippen LogP contribution >= 0.6 is 11.3 Å². The second kappa shape index (κ2) is 11.3. The molecule has 0 atom stereocenters. The molecule has 1 aromatic heterocycles. The van der Waals surface area contributed by atoms with Crippen molar-refractivity contribution >= 4 is 23.2 Å². The predicted molar refractivity (Wildman–Crippen MR) is 111 cm³/mol. The predicted octanol–water partition coefficient (Wildman–Crippen LogP) is 3.76. The smallest absolute Gasteiger partial charge is 0.338 e. The zero-order valence-electron chi connectivity index (χ0n) is 17.2. The van der Waals surface area contributed by atoms with E-state index in [0.29, 0.717) is 43.6 Å². The molecule has 0 aliphatic rings. The van der Waals surface area contributed by atoms with Crippen molar-refractivity contribution in [3.8, 4) is 17.2 Å². The highest BCUT2D eigenvalue weighted by molar-refractivity contribution is 7.07. The molecule has 1 heterocycles. The summed E-state index contributed by atoms with van der Waals surface area (Å²) >= 11 is 1.57. The maximum atomic E-state index is 12.5. The highest BCUT2D eigenvalue weighted by Crippen LogP contribution is 2.39. The molecule has 0 radical (unpaired) electrons. The Morgan fingerprint density at radius 2 is 1.62 bits per heavy atom. The SMILES string of the molecule is CCOc1cc(C(=O)OCC(=O)N(C)Cc2ccsc2)cc(OCC)c1OCC. The molecule has 2 rings (SSSR count). The molecule has 8 heteroatoms. The van der Waals surface area contributed by atoms with Gasteiger partial charge in [0.15, 0.2) is 18.1 Å². The van der Waals surface area contributed by atoms with Gasteiger partial charge in [-0.15, -0.1) is 0 Å². The molecular formula is C21H27NO6S. The van der Waals surface area contributed by atoms with E-state index < -0.39 is 5.97 Å². The second-order valence-electron chi connectivity index (χ2n) is 6.06. The summed E-state index contributed by atoms with van der Waals surface area (Å²) < 4.78 is 22.0. The van der Waals surface area contributed by atoms with Crippen molar-refractivity contribution in [1.29, 1.82) is 0 Å². The molecule has 2 aromatic rings. The van der Waals surface area contributed by atoms with Crippen LogP contribution in [-0.2, 0) is 16.1 Å². The number of esters is 1. The zero-order chi connectivity index (χ0) is 21.2. The number of thiophene rings is 1. The van der Waals surface area contributed by atoms with E-state index in [4.69, 9.17) is 18.9 Å². The first kappa shape index (κ1) is 22.5. The molecule has 0 N–H and O–H groups in total. The van der Waals surface area contributed by atoms with Crippen LogP contribution in [0.25, 0.3) is 0 Å². The van der Waals surface area contributed by atoms with Gasteiger partial charge < -0.3 is 23.8 Å². The van der Waals surface area contributed by atoms with Gasteiger partial charge in [0.25, 0.3) is 5.91 Å². The Labute approximate surface area is 175 Å². The normalized spacial score (nSPS) is 10.3. The van der Waals surface area contributed by atoms with Crippen LogP contribution < -0.4 is 14.2 Å². The number of rotatable bonds is 11. The number of hydrogen-bond acceptors (Lipinski definition) is 7. The minimum atomic E-state index is -0.632. The molecule has 0 bridgehead atoms. The number of ether oxygens (including phenoxy) is 4. The van der Waals surface area contributed by atoms with Crippen molar-refractivity contribution in [2.45, 2.75) is 27.3 Å². The van der Waals surface area contributed by atoms with Crippen molar-refractivity contribution in [2.75, 3.05) is 33.5 Å². The van der Waals surface area contributed by atoms with Crippen LogP contribution in [0, 0.1) is 0 Å². The Balaban J connectivity index is 2.09. The van der Waals surface area contributed by atoms with Crippen molar-refractivity contribution in [3.63, 3.8) is 0 Å². The summed E-state index contributed by atoms with van der Waals surface area (Å²) in [5.41, 5.74) is 1.26. The Morgan fingerprint density at radius 3 is 2.14 bits per heavy atom. The summed E-state index contributed by atoms with van der Waals surface area (Å²) in [5, 5.41) is 3.92. The third-order valence-corrected chi connectivity index (χ3v) is 4.63. The minimum Gasteiger partial charge on any atom is -0.490 e. The van der Waals surface area contributed by atoms with Crippen LogP contribution in [0.4, 0.5) is 0 Å². The maximum Gasteiger partial charge on any atom is 0.338 e. The quantitative estimate of drug-likeness (QED) is 0.515. The molecule has 0 aliphatic carbocycles. The van der Waals surface area contributed by atoms with Crippen LogP contribution in [0.15, 0.2) is 29.0 Å². The fourth-order valence-corrected chi connectivity index (χ4v) is 3.23. The lowest BCUT2D eigenvalue weighted by atomic mass is 10.2. The Kier molecular flexibility index (Phi) is 8.79. The fraction of sp³-hybridized carbons (Fsp3) is 0.429. The van der Waals surface area contributed by atoms with E-state index in [1.54, 1.807) is 30.5 Å². The van der Waals surface area contributed by atoms with Gasteiger partial charge in [-0.05, 0) is 55.3 Å². The van der Waals surface area contributed by atoms with E-state index in [-0.39, 0.29) is 18.1 Å². The average Bonchev–Trinajstić information content (AvgIpc) is 3.21. The summed E-state index contributed by atoms with van der Waals surface area (Å²) in [7, 11) is 1.67. The van der Waals surface area contributed by atoms with E-state index in [0.717, 1.165) is 5.56 Å². The summed E-state index contributed by atoms with van der Waals surface area (Å²) in [4.78, 5) is 26.3. The average molecular weight is 422 g/mol. The number of carbonyl (C=O) groups excluding carboxylic acids is 2. The van der Waals surface area contributed by atoms with Gasteiger partial charge in [0.2, 0.25) is 5.75 Å². The Hall–Kier alpha value is -2.74. The van der Waals surface area contributed by atoms with Gasteiger partial charge in [-0.2, -0.15) is 11.3 Å². The van der Waals surface area contributed by atoms with Gasteiger partial charge in [-0.25, -0.2) is 4.79 Å². The van der Waals surface area contributed by atoms with E-state index in [1.165, 1.54) is 4.90 Å². The van der Waals surface area contributed by atoms with Crippen LogP contribution in [0.2, 0.25) is 0 Å². The van der Waals surface area contributed by atoms with Gasteiger partial charge >= 0.3 is 5.97 Å². The minimum absolute atomic E-state index is 0.230. The zero-order valence-corrected chi connectivity index (χ0v) is 18.0. The fourth-order valence-electron chi connectivity index (χ4n) is 2.57. The molecule has 29 heavy (non-hydrogen) atoms. The molecule has 1 aromatic carbocycles. The Bertz CT molecular complexity index is 779. The molecule has 0 spiro atoms. The van der Waals surface area contributed by atoms with Crippen LogP contribution in [0.3, 0.4) is 0 Å². The highest BCUT2D eigenvalue weighted by atomic mass is 32.1. The summed E-state index contributed by atoms with van der Waals surface area (Å²) in [5.74, 6) is 0.318. The van der Waals surface area contributed by atoms with Gasteiger partial charge in [-0.1, -0.05) is 0 Å². The third kappa shape index (κ3) is 6.39. The molecular weight excluding hydrogens is 394 g/mol. The van der Waals surface area contributed by atoms with Crippen molar-refractivity contribution < 1.29 is 28.5 Å². The van der Waals surface area contributed by atoms with Gasteiger partial charge in [0.05, 0.1) is 25.4 Å². The van der Waals surface area contributed by atoms with Crippen LogP contribution in [0.1, 0.15) is 36.7 Å². The summed E-state index contributed by atoms with van der Waals surface area (Å²) in [6, 6.07) is 5.03. The lowest BCUT2D eigenvalue weighted by molar-refractivity contribution is -0.133. The number of amides is 1. The first-order chi connectivity index (χ1) is 14.0. The molecule has 7 nitrogen and oxygen atoms in total. The van der Waals surface area contributed by atoms with Crippen molar-refractivity contribution in [1.82, 2.24) is 4.90 Å². The van der Waals surface area contributed by atoms with E-state index in [2.05, 4.69) is 0 Å². The lowest BCUT2D eigenvalue weighted by Crippen LogP contribution is -2.30. The van der Waals surface area contributed by atoms with Crippen LogP contribution in [-0.4, -0.2) is 50.3 Å². The number of carbonyl (C=O) groups is 2. The molecule has 1 amide bonds. The monoisotopic (exact) mass is 421 g/mol. The highest BCUT2D eigenvalue weighted by Gasteiger charge is 2.20. The van der Waals surface area contributed by atoms with Gasteiger partial charge in [0, 0.05) is 13.6 Å². The van der Waals surface area contributed by atoms with E-state index in [9.17, 15) is 9.59 Å². The van der Waals surface area contributed by atoms with E-state index >= 15 is 0 Å². The van der Waals surface area contributed by atoms with Crippen LogP contribution in [0.5, 0.6) is 17.2 Å². The number of benzene rings is 1.